The van der Waals surface area contributed by atoms with Crippen molar-refractivity contribution in [2.75, 3.05) is 59.5 Å². The monoisotopic (exact) mass is 524 g/mol. The molecule has 0 aliphatic carbocycles. The number of para-hydroxylation sites is 1. The molecule has 0 spiro atoms. The van der Waals surface area contributed by atoms with Gasteiger partial charge in [-0.2, -0.15) is 0 Å². The van der Waals surface area contributed by atoms with Crippen molar-refractivity contribution in [2.24, 2.45) is 0 Å². The summed E-state index contributed by atoms with van der Waals surface area (Å²) >= 11 is 0. The molecule has 0 radical (unpaired) electrons. The zero-order chi connectivity index (χ0) is 27.1. The predicted octanol–water partition coefficient (Wildman–Crippen LogP) is 1.82. The Bertz CT molecular complexity index is 1110. The Kier molecular flexibility index (Phi) is 8.85. The number of hydrogen-bond acceptors (Lipinski definition) is 7. The molecule has 1 atom stereocenters. The molecule has 2 aliphatic rings. The number of aliphatic hydroxyl groups is 1. The van der Waals surface area contributed by atoms with Crippen LogP contribution in [0.2, 0.25) is 0 Å². The van der Waals surface area contributed by atoms with E-state index in [4.69, 9.17) is 9.47 Å². The van der Waals surface area contributed by atoms with Gasteiger partial charge in [0.15, 0.2) is 0 Å². The van der Waals surface area contributed by atoms with Gasteiger partial charge in [0.25, 0.3) is 0 Å². The molecular formula is C28H36N4O6. The molecule has 4 rings (SSSR count). The number of imide groups is 1. The summed E-state index contributed by atoms with van der Waals surface area (Å²) in [4.78, 5) is 42.4. The lowest BCUT2D eigenvalue weighted by Gasteiger charge is -2.32. The smallest absolute Gasteiger partial charge is 0.326 e. The summed E-state index contributed by atoms with van der Waals surface area (Å²) in [7, 11) is 1.61. The lowest BCUT2D eigenvalue weighted by molar-refractivity contribution is -0.132. The van der Waals surface area contributed by atoms with Gasteiger partial charge in [0.05, 0.1) is 13.2 Å². The van der Waals surface area contributed by atoms with E-state index < -0.39 is 5.60 Å². The molecule has 0 bridgehead atoms. The van der Waals surface area contributed by atoms with Crippen molar-refractivity contribution in [1.29, 1.82) is 0 Å². The topological polar surface area (TPSA) is 103 Å². The molecule has 1 N–H and O–H groups in total. The highest BCUT2D eigenvalue weighted by Gasteiger charge is 2.37. The van der Waals surface area contributed by atoms with Gasteiger partial charge in [-0.25, -0.2) is 4.79 Å². The second kappa shape index (κ2) is 12.3. The average molecular weight is 525 g/mol. The van der Waals surface area contributed by atoms with Gasteiger partial charge < -0.3 is 24.4 Å². The van der Waals surface area contributed by atoms with E-state index in [0.29, 0.717) is 57.3 Å². The SMILES string of the molecule is CC(=O)N1CCN(Cc2ccc(OCCCN3C(=O)CN(C)C3=O)cc2)CC(O)(COc2ccccc2)C1. The maximum absolute atomic E-state index is 12.1. The summed E-state index contributed by atoms with van der Waals surface area (Å²) in [5, 5.41) is 11.4. The van der Waals surface area contributed by atoms with E-state index in [1.165, 1.54) is 16.7 Å². The van der Waals surface area contributed by atoms with Crippen LogP contribution >= 0.6 is 0 Å². The first kappa shape index (κ1) is 27.4. The van der Waals surface area contributed by atoms with E-state index >= 15 is 0 Å². The molecule has 0 saturated carbocycles. The van der Waals surface area contributed by atoms with Crippen LogP contribution in [0.25, 0.3) is 0 Å². The van der Waals surface area contributed by atoms with Crippen LogP contribution in [0.1, 0.15) is 18.9 Å². The summed E-state index contributed by atoms with van der Waals surface area (Å²) in [6.45, 7) is 4.80. The Morgan fingerprint density at radius 3 is 2.34 bits per heavy atom. The normalized spacial score (nSPS) is 20.6. The van der Waals surface area contributed by atoms with Crippen LogP contribution in [-0.2, 0) is 16.1 Å². The zero-order valence-electron chi connectivity index (χ0n) is 22.0. The number of carbonyl (C=O) groups is 3. The number of urea groups is 1. The number of hydrogen-bond donors (Lipinski definition) is 1. The first-order valence-corrected chi connectivity index (χ1v) is 12.9. The van der Waals surface area contributed by atoms with Gasteiger partial charge in [0.2, 0.25) is 11.8 Å². The molecule has 38 heavy (non-hydrogen) atoms. The third-order valence-corrected chi connectivity index (χ3v) is 6.74. The fourth-order valence-corrected chi connectivity index (χ4v) is 4.72. The maximum atomic E-state index is 12.1. The molecule has 10 nitrogen and oxygen atoms in total. The van der Waals surface area contributed by atoms with Crippen molar-refractivity contribution in [3.8, 4) is 11.5 Å². The Morgan fingerprint density at radius 2 is 1.68 bits per heavy atom. The van der Waals surface area contributed by atoms with Crippen LogP contribution < -0.4 is 9.47 Å². The van der Waals surface area contributed by atoms with Gasteiger partial charge in [-0.05, 0) is 36.2 Å². The van der Waals surface area contributed by atoms with Crippen LogP contribution in [0.15, 0.2) is 54.6 Å². The molecule has 2 aromatic carbocycles. The first-order chi connectivity index (χ1) is 18.2. The van der Waals surface area contributed by atoms with Crippen molar-refractivity contribution < 1.29 is 29.0 Å². The molecule has 2 aliphatic heterocycles. The number of benzene rings is 2. The summed E-state index contributed by atoms with van der Waals surface area (Å²) in [6.07, 6.45) is 0.553. The molecule has 4 amide bonds. The van der Waals surface area contributed by atoms with Crippen molar-refractivity contribution in [1.82, 2.24) is 19.6 Å². The molecule has 1 unspecified atom stereocenters. The average Bonchev–Trinajstić information content (AvgIpc) is 3.03. The van der Waals surface area contributed by atoms with Crippen molar-refractivity contribution in [3.63, 3.8) is 0 Å². The van der Waals surface area contributed by atoms with Crippen LogP contribution in [-0.4, -0.2) is 108 Å². The summed E-state index contributed by atoms with van der Waals surface area (Å²) in [5.74, 6) is 1.13. The van der Waals surface area contributed by atoms with Crippen molar-refractivity contribution >= 4 is 17.8 Å². The second-order valence-corrected chi connectivity index (χ2v) is 10.0. The fraction of sp³-hybridized carbons (Fsp3) is 0.464. The highest BCUT2D eigenvalue weighted by atomic mass is 16.5. The number of amides is 4. The van der Waals surface area contributed by atoms with Gasteiger partial charge in [0.1, 0.15) is 30.3 Å². The Balaban J connectivity index is 1.29. The standard InChI is InChI=1S/C28H36N4O6/c1-22(33)31-15-14-30(19-28(36,20-31)21-38-24-7-4-3-5-8-24)17-23-9-11-25(12-10-23)37-16-6-13-32-26(34)18-29(2)27(32)35/h3-5,7-12,36H,6,13-21H2,1-2H3. The molecular weight excluding hydrogens is 488 g/mol. The zero-order valence-corrected chi connectivity index (χ0v) is 22.0. The van der Waals surface area contributed by atoms with Crippen LogP contribution in [0.3, 0.4) is 0 Å². The highest BCUT2D eigenvalue weighted by molar-refractivity contribution is 6.01. The number of ether oxygens (including phenoxy) is 2. The van der Waals surface area contributed by atoms with Gasteiger partial charge >= 0.3 is 6.03 Å². The molecule has 204 valence electrons. The van der Waals surface area contributed by atoms with Crippen molar-refractivity contribution in [3.05, 3.63) is 60.2 Å². The van der Waals surface area contributed by atoms with Gasteiger partial charge in [0, 0.05) is 46.7 Å². The van der Waals surface area contributed by atoms with E-state index in [1.807, 2.05) is 54.6 Å². The number of likely N-dealkylation sites (N-methyl/N-ethyl adjacent to an activating group) is 1. The molecule has 2 heterocycles. The van der Waals surface area contributed by atoms with E-state index in [1.54, 1.807) is 11.9 Å². The quantitative estimate of drug-likeness (QED) is 0.374. The van der Waals surface area contributed by atoms with Gasteiger partial charge in [-0.1, -0.05) is 30.3 Å². The molecule has 2 aromatic rings. The van der Waals surface area contributed by atoms with Gasteiger partial charge in [-0.15, -0.1) is 0 Å². The molecule has 2 fully saturated rings. The van der Waals surface area contributed by atoms with E-state index in [0.717, 1.165) is 5.56 Å². The predicted molar refractivity (Wildman–Crippen MR) is 141 cm³/mol. The number of carbonyl (C=O) groups excluding carboxylic acids is 3. The van der Waals surface area contributed by atoms with E-state index in [2.05, 4.69) is 4.90 Å². The summed E-state index contributed by atoms with van der Waals surface area (Å²) in [6, 6.07) is 16.8. The van der Waals surface area contributed by atoms with Crippen LogP contribution in [0.4, 0.5) is 4.79 Å². The first-order valence-electron chi connectivity index (χ1n) is 12.9. The minimum Gasteiger partial charge on any atom is -0.494 e. The largest absolute Gasteiger partial charge is 0.494 e. The molecule has 0 aromatic heterocycles. The third-order valence-electron chi connectivity index (χ3n) is 6.74. The van der Waals surface area contributed by atoms with Gasteiger partial charge in [-0.3, -0.25) is 19.4 Å². The lowest BCUT2D eigenvalue weighted by atomic mass is 10.0. The number of nitrogens with zero attached hydrogens (tertiary/aromatic N) is 4. The minimum atomic E-state index is -1.21. The highest BCUT2D eigenvalue weighted by Crippen LogP contribution is 2.21. The number of β-amino-alcohol motifs (C(OH)–C–C–N with tert-alkyl or cyclic N) is 1. The third kappa shape index (κ3) is 7.23. The summed E-state index contributed by atoms with van der Waals surface area (Å²) in [5.41, 5.74) is -0.162. The Hall–Kier alpha value is -3.63. The molecule has 10 heteroatoms. The van der Waals surface area contributed by atoms with Crippen LogP contribution in [0, 0.1) is 0 Å². The fourth-order valence-electron chi connectivity index (χ4n) is 4.72. The number of rotatable bonds is 10. The maximum Gasteiger partial charge on any atom is 0.326 e. The Labute approximate surface area is 223 Å². The lowest BCUT2D eigenvalue weighted by Crippen LogP contribution is -2.51. The minimum absolute atomic E-state index is 0.0722. The van der Waals surface area contributed by atoms with Crippen molar-refractivity contribution in [2.45, 2.75) is 25.5 Å². The molecule has 2 saturated heterocycles. The van der Waals surface area contributed by atoms with Crippen LogP contribution in [0.5, 0.6) is 11.5 Å². The van der Waals surface area contributed by atoms with E-state index in [9.17, 15) is 19.5 Å². The summed E-state index contributed by atoms with van der Waals surface area (Å²) < 4.78 is 11.7. The van der Waals surface area contributed by atoms with E-state index in [-0.39, 0.29) is 37.5 Å². The Morgan fingerprint density at radius 1 is 0.974 bits per heavy atom. The second-order valence-electron chi connectivity index (χ2n) is 10.0.